The third-order valence-electron chi connectivity index (χ3n) is 7.51. The lowest BCUT2D eigenvalue weighted by Crippen LogP contribution is -2.14. The highest BCUT2D eigenvalue weighted by Crippen LogP contribution is 2.39. The fourth-order valence-electron chi connectivity index (χ4n) is 5.39. The number of halogens is 3. The summed E-state index contributed by atoms with van der Waals surface area (Å²) >= 11 is 0. The van der Waals surface area contributed by atoms with Gasteiger partial charge in [0.05, 0.1) is 0 Å². The van der Waals surface area contributed by atoms with E-state index in [1.807, 2.05) is 6.07 Å². The van der Waals surface area contributed by atoms with Gasteiger partial charge in [-0.25, -0.2) is 13.2 Å². The molecule has 0 bridgehead atoms. The molecule has 0 N–H and O–H groups in total. The minimum absolute atomic E-state index is 0.101. The number of hydrogen-bond acceptors (Lipinski definition) is 1. The van der Waals surface area contributed by atoms with Crippen molar-refractivity contribution in [1.29, 1.82) is 5.26 Å². The Bertz CT molecular complexity index is 1040. The minimum atomic E-state index is -0.976. The van der Waals surface area contributed by atoms with E-state index < -0.39 is 23.0 Å². The molecule has 4 heteroatoms. The van der Waals surface area contributed by atoms with Gasteiger partial charge in [-0.1, -0.05) is 30.4 Å². The smallest absolute Gasteiger partial charge is 0.144 e. The molecule has 4 rings (SSSR count). The molecule has 1 nitrogen and oxygen atoms in total. The van der Waals surface area contributed by atoms with E-state index in [0.29, 0.717) is 23.7 Å². The molecule has 0 heterocycles. The lowest BCUT2D eigenvalue weighted by molar-refractivity contribution is 0.349. The summed E-state index contributed by atoms with van der Waals surface area (Å²) in [5, 5.41) is 8.82. The molecule has 0 atom stereocenters. The first kappa shape index (κ1) is 23.4. The molecular formula is C29H30F3N. The van der Waals surface area contributed by atoms with E-state index in [2.05, 4.69) is 24.8 Å². The van der Waals surface area contributed by atoms with Crippen molar-refractivity contribution < 1.29 is 13.2 Å². The molecule has 2 aromatic carbocycles. The molecule has 172 valence electrons. The normalized spacial score (nSPS) is 25.6. The molecule has 0 radical (unpaired) electrons. The third kappa shape index (κ3) is 5.41. The predicted octanol–water partition coefficient (Wildman–Crippen LogP) is 8.46. The van der Waals surface area contributed by atoms with E-state index in [9.17, 15) is 13.2 Å². The number of benzene rings is 2. The highest BCUT2D eigenvalue weighted by molar-refractivity contribution is 5.66. The summed E-state index contributed by atoms with van der Waals surface area (Å²) < 4.78 is 42.8. The zero-order valence-corrected chi connectivity index (χ0v) is 18.9. The van der Waals surface area contributed by atoms with Crippen molar-refractivity contribution in [3.05, 3.63) is 83.7 Å². The van der Waals surface area contributed by atoms with Crippen molar-refractivity contribution in [1.82, 2.24) is 0 Å². The molecule has 2 aromatic rings. The number of hydrogen-bond donors (Lipinski definition) is 0. The summed E-state index contributed by atoms with van der Waals surface area (Å²) in [6.07, 6.45) is 16.1. The van der Waals surface area contributed by atoms with Crippen LogP contribution in [-0.2, 0) is 0 Å². The summed E-state index contributed by atoms with van der Waals surface area (Å²) in [6.45, 7) is 3.92. The maximum absolute atomic E-state index is 14.9. The van der Waals surface area contributed by atoms with Crippen LogP contribution < -0.4 is 0 Å². The number of rotatable bonds is 5. The molecule has 2 saturated carbocycles. The van der Waals surface area contributed by atoms with Crippen molar-refractivity contribution in [3.63, 3.8) is 0 Å². The molecular weight excluding hydrogens is 419 g/mol. The van der Waals surface area contributed by atoms with Crippen molar-refractivity contribution >= 4 is 0 Å². The zero-order chi connectivity index (χ0) is 23.4. The van der Waals surface area contributed by atoms with Crippen molar-refractivity contribution in [2.24, 2.45) is 17.8 Å². The van der Waals surface area contributed by atoms with Gasteiger partial charge < -0.3 is 0 Å². The second-order valence-corrected chi connectivity index (χ2v) is 9.57. The molecule has 0 spiro atoms. The molecule has 2 aliphatic carbocycles. The van der Waals surface area contributed by atoms with Crippen molar-refractivity contribution in [2.45, 2.75) is 57.3 Å². The van der Waals surface area contributed by atoms with E-state index in [1.54, 1.807) is 6.07 Å². The van der Waals surface area contributed by atoms with Crippen LogP contribution in [0.5, 0.6) is 0 Å². The van der Waals surface area contributed by atoms with Crippen LogP contribution in [0, 0.1) is 46.5 Å². The predicted molar refractivity (Wildman–Crippen MR) is 126 cm³/mol. The van der Waals surface area contributed by atoms with E-state index in [0.717, 1.165) is 43.4 Å². The van der Waals surface area contributed by atoms with Gasteiger partial charge in [-0.15, -0.1) is 6.58 Å². The van der Waals surface area contributed by atoms with Crippen LogP contribution in [0.1, 0.15) is 68.4 Å². The van der Waals surface area contributed by atoms with Crippen LogP contribution in [0.3, 0.4) is 0 Å². The first-order valence-electron chi connectivity index (χ1n) is 12.0. The molecule has 0 aromatic heterocycles. The van der Waals surface area contributed by atoms with Gasteiger partial charge in [0.2, 0.25) is 0 Å². The van der Waals surface area contributed by atoms with Crippen LogP contribution in [0.25, 0.3) is 11.1 Å². The number of nitrogens with zero attached hydrogens (tertiary/aromatic N) is 1. The summed E-state index contributed by atoms with van der Waals surface area (Å²) in [5.41, 5.74) is 0.537. The van der Waals surface area contributed by atoms with E-state index in [1.165, 1.54) is 37.8 Å². The van der Waals surface area contributed by atoms with E-state index in [4.69, 9.17) is 5.26 Å². The second-order valence-electron chi connectivity index (χ2n) is 9.57. The van der Waals surface area contributed by atoms with Crippen molar-refractivity contribution in [2.75, 3.05) is 0 Å². The standard InChI is InChI=1S/C29H30F3N/c1-2-19-3-5-20(6-4-19)7-8-21-9-11-22(12-10-21)23-13-14-25(27(30)15-23)24-16-28(31)26(18-33)29(32)17-24/h2,7-8,13-17,19-22H,1,3-6,9-12H2/b8-7+. The summed E-state index contributed by atoms with van der Waals surface area (Å²) in [4.78, 5) is 0. The first-order valence-corrected chi connectivity index (χ1v) is 12.0. The van der Waals surface area contributed by atoms with Gasteiger partial charge in [-0.2, -0.15) is 5.26 Å². The zero-order valence-electron chi connectivity index (χ0n) is 18.9. The second kappa shape index (κ2) is 10.4. The van der Waals surface area contributed by atoms with E-state index >= 15 is 0 Å². The van der Waals surface area contributed by atoms with Crippen molar-refractivity contribution in [3.8, 4) is 17.2 Å². The van der Waals surface area contributed by atoms with Crippen LogP contribution in [-0.4, -0.2) is 0 Å². The topological polar surface area (TPSA) is 23.8 Å². The average Bonchev–Trinajstić information content (AvgIpc) is 2.83. The van der Waals surface area contributed by atoms with Crippen LogP contribution in [0.15, 0.2) is 55.1 Å². The fourth-order valence-corrected chi connectivity index (χ4v) is 5.39. The highest BCUT2D eigenvalue weighted by atomic mass is 19.1. The average molecular weight is 450 g/mol. The molecule has 2 fully saturated rings. The summed E-state index contributed by atoms with van der Waals surface area (Å²) in [7, 11) is 0. The minimum Gasteiger partial charge on any atom is -0.206 e. The molecule has 0 unspecified atom stereocenters. The van der Waals surface area contributed by atoms with Crippen LogP contribution in [0.4, 0.5) is 13.2 Å². The number of nitriles is 1. The van der Waals surface area contributed by atoms with Gasteiger partial charge in [0.1, 0.15) is 29.1 Å². The van der Waals surface area contributed by atoms with E-state index in [-0.39, 0.29) is 11.1 Å². The Morgan fingerprint density at radius 2 is 1.30 bits per heavy atom. The molecule has 0 amide bonds. The highest BCUT2D eigenvalue weighted by Gasteiger charge is 2.23. The molecule has 33 heavy (non-hydrogen) atoms. The monoisotopic (exact) mass is 449 g/mol. The maximum atomic E-state index is 14.9. The molecule has 0 aliphatic heterocycles. The Morgan fingerprint density at radius 3 is 1.82 bits per heavy atom. The Labute approximate surface area is 194 Å². The molecule has 0 saturated heterocycles. The Kier molecular flexibility index (Phi) is 7.38. The fraction of sp³-hybridized carbons (Fsp3) is 0.414. The lowest BCUT2D eigenvalue weighted by atomic mass is 9.77. The van der Waals surface area contributed by atoms with Gasteiger partial charge in [0.25, 0.3) is 0 Å². The summed E-state index contributed by atoms with van der Waals surface area (Å²) in [6, 6.07) is 8.48. The van der Waals surface area contributed by atoms with Gasteiger partial charge in [0.15, 0.2) is 0 Å². The van der Waals surface area contributed by atoms with Gasteiger partial charge >= 0.3 is 0 Å². The Morgan fingerprint density at radius 1 is 0.758 bits per heavy atom. The Hall–Kier alpha value is -2.80. The summed E-state index contributed by atoms with van der Waals surface area (Å²) in [5.74, 6) is -0.174. The third-order valence-corrected chi connectivity index (χ3v) is 7.51. The number of allylic oxidation sites excluding steroid dienone is 3. The molecule has 2 aliphatic rings. The van der Waals surface area contributed by atoms with Gasteiger partial charge in [0, 0.05) is 5.56 Å². The Balaban J connectivity index is 1.37. The SMILES string of the molecule is C=CC1CCC(/C=C/C2CCC(c3ccc(-c4cc(F)c(C#N)c(F)c4)c(F)c3)CC2)CC1. The van der Waals surface area contributed by atoms with Crippen LogP contribution in [0.2, 0.25) is 0 Å². The van der Waals surface area contributed by atoms with Gasteiger partial charge in [-0.3, -0.25) is 0 Å². The quantitative estimate of drug-likeness (QED) is 0.420. The maximum Gasteiger partial charge on any atom is 0.144 e. The largest absolute Gasteiger partial charge is 0.206 e. The van der Waals surface area contributed by atoms with Crippen LogP contribution >= 0.6 is 0 Å². The van der Waals surface area contributed by atoms with Gasteiger partial charge in [-0.05, 0) is 104 Å². The lowest BCUT2D eigenvalue weighted by Gasteiger charge is -2.28. The first-order chi connectivity index (χ1) is 16.0.